The molecule has 34 heavy (non-hydrogen) atoms. The summed E-state index contributed by atoms with van der Waals surface area (Å²) in [7, 11) is -2.06. The van der Waals surface area contributed by atoms with E-state index in [1.54, 1.807) is 34.6 Å². The van der Waals surface area contributed by atoms with Gasteiger partial charge in [0.15, 0.2) is 0 Å². The molecule has 0 aliphatic carbocycles. The molecule has 1 saturated heterocycles. The highest BCUT2D eigenvalue weighted by molar-refractivity contribution is 7.89. The van der Waals surface area contributed by atoms with Crippen molar-refractivity contribution in [1.29, 1.82) is 0 Å². The molecule has 0 spiro atoms. The third kappa shape index (κ3) is 4.95. The lowest BCUT2D eigenvalue weighted by molar-refractivity contribution is -0.121. The van der Waals surface area contributed by atoms with Crippen LogP contribution in [-0.4, -0.2) is 51.3 Å². The summed E-state index contributed by atoms with van der Waals surface area (Å²) in [5.41, 5.74) is 2.84. The molecule has 4 rings (SSSR count). The van der Waals surface area contributed by atoms with Crippen molar-refractivity contribution in [2.75, 3.05) is 37.0 Å². The summed E-state index contributed by atoms with van der Waals surface area (Å²) in [6.45, 7) is 4.93. The first kappa shape index (κ1) is 24.2. The normalized spacial score (nSPS) is 17.4. The first-order valence-corrected chi connectivity index (χ1v) is 13.0. The summed E-state index contributed by atoms with van der Waals surface area (Å²) in [6.07, 6.45) is 2.37. The van der Waals surface area contributed by atoms with Crippen LogP contribution in [0.1, 0.15) is 37.3 Å². The fourth-order valence-electron chi connectivity index (χ4n) is 4.50. The Hall–Kier alpha value is -2.91. The van der Waals surface area contributed by atoms with Crippen molar-refractivity contribution in [3.05, 3.63) is 47.5 Å². The van der Waals surface area contributed by atoms with E-state index in [2.05, 4.69) is 12.2 Å². The van der Waals surface area contributed by atoms with E-state index in [9.17, 15) is 18.0 Å². The molecule has 2 aromatic carbocycles. The smallest absolute Gasteiger partial charge is 0.244 e. The summed E-state index contributed by atoms with van der Waals surface area (Å²) < 4.78 is 33.2. The second-order valence-corrected chi connectivity index (χ2v) is 11.0. The number of nitrogens with zero attached hydrogens (tertiary/aromatic N) is 2. The molecule has 1 fully saturated rings. The predicted molar refractivity (Wildman–Crippen MR) is 131 cm³/mol. The van der Waals surface area contributed by atoms with Crippen molar-refractivity contribution < 1.29 is 22.7 Å². The zero-order valence-corrected chi connectivity index (χ0v) is 20.7. The van der Waals surface area contributed by atoms with Gasteiger partial charge in [0, 0.05) is 25.2 Å². The summed E-state index contributed by atoms with van der Waals surface area (Å²) in [5.74, 6) is 0.537. The first-order chi connectivity index (χ1) is 16.2. The Morgan fingerprint density at radius 1 is 1.12 bits per heavy atom. The number of nitrogens with one attached hydrogen (secondary N) is 1. The molecule has 0 atom stereocenters. The molecule has 0 bridgehead atoms. The fourth-order valence-corrected chi connectivity index (χ4v) is 6.02. The van der Waals surface area contributed by atoms with Crippen LogP contribution in [0.25, 0.3) is 0 Å². The minimum Gasteiger partial charge on any atom is -0.495 e. The average Bonchev–Trinajstić information content (AvgIpc) is 2.81. The van der Waals surface area contributed by atoms with Crippen LogP contribution >= 0.6 is 0 Å². The first-order valence-electron chi connectivity index (χ1n) is 11.6. The molecule has 9 heteroatoms. The summed E-state index contributed by atoms with van der Waals surface area (Å²) in [6, 6.07) is 10.3. The number of methoxy groups -OCH3 is 1. The van der Waals surface area contributed by atoms with Crippen molar-refractivity contribution in [3.63, 3.8) is 0 Å². The van der Waals surface area contributed by atoms with Gasteiger partial charge in [-0.3, -0.25) is 9.59 Å². The number of hydrogen-bond donors (Lipinski definition) is 1. The SMILES string of the molecule is COc1ccc(C)cc1NC(=O)CN1C(=O)CCc2cc(S(=O)(=O)N3CCC(C)CC3)ccc21. The highest BCUT2D eigenvalue weighted by atomic mass is 32.2. The predicted octanol–water partition coefficient (Wildman–Crippen LogP) is 3.34. The molecule has 8 nitrogen and oxygen atoms in total. The molecule has 0 unspecified atom stereocenters. The second kappa shape index (κ2) is 9.76. The molecule has 2 amide bonds. The Balaban J connectivity index is 1.54. The van der Waals surface area contributed by atoms with E-state index >= 15 is 0 Å². The Bertz CT molecular complexity index is 1200. The van der Waals surface area contributed by atoms with Gasteiger partial charge < -0.3 is 15.0 Å². The number of sulfonamides is 1. The van der Waals surface area contributed by atoms with Crippen LogP contribution < -0.4 is 15.0 Å². The van der Waals surface area contributed by atoms with Gasteiger partial charge in [0.1, 0.15) is 12.3 Å². The number of amides is 2. The maximum atomic E-state index is 13.2. The lowest BCUT2D eigenvalue weighted by Crippen LogP contribution is -2.41. The van der Waals surface area contributed by atoms with Crippen molar-refractivity contribution in [3.8, 4) is 5.75 Å². The van der Waals surface area contributed by atoms with Gasteiger partial charge >= 0.3 is 0 Å². The number of rotatable bonds is 6. The highest BCUT2D eigenvalue weighted by Crippen LogP contribution is 2.32. The Morgan fingerprint density at radius 3 is 2.56 bits per heavy atom. The topological polar surface area (TPSA) is 96.0 Å². The molecule has 2 aliphatic heterocycles. The van der Waals surface area contributed by atoms with E-state index in [0.29, 0.717) is 42.6 Å². The Labute approximate surface area is 200 Å². The molecule has 2 aliphatic rings. The van der Waals surface area contributed by atoms with Gasteiger partial charge in [-0.25, -0.2) is 8.42 Å². The number of hydrogen-bond acceptors (Lipinski definition) is 5. The highest BCUT2D eigenvalue weighted by Gasteiger charge is 2.31. The van der Waals surface area contributed by atoms with Crippen molar-refractivity contribution >= 4 is 33.2 Å². The zero-order valence-electron chi connectivity index (χ0n) is 19.8. The molecule has 0 radical (unpaired) electrons. The average molecular weight is 486 g/mol. The van der Waals surface area contributed by atoms with Crippen LogP contribution in [0.2, 0.25) is 0 Å². The third-order valence-electron chi connectivity index (χ3n) is 6.56. The van der Waals surface area contributed by atoms with E-state index in [-0.39, 0.29) is 29.7 Å². The number of carbonyl (C=O) groups excluding carboxylic acids is 2. The fraction of sp³-hybridized carbons (Fsp3) is 0.440. The van der Waals surface area contributed by atoms with E-state index in [0.717, 1.165) is 24.0 Å². The molecule has 182 valence electrons. The summed E-state index contributed by atoms with van der Waals surface area (Å²) in [5, 5.41) is 2.82. The standard InChI is InChI=1S/C25H31N3O5S/c1-17-10-12-27(13-11-17)34(31,32)20-6-7-22-19(15-20)5-9-25(30)28(22)16-24(29)26-21-14-18(2)4-8-23(21)33-3/h4,6-8,14-15,17H,5,9-13,16H2,1-3H3,(H,26,29). The number of fused-ring (bicyclic) bond motifs is 1. The third-order valence-corrected chi connectivity index (χ3v) is 8.46. The number of anilines is 2. The second-order valence-electron chi connectivity index (χ2n) is 9.11. The summed E-state index contributed by atoms with van der Waals surface area (Å²) >= 11 is 0. The minimum atomic E-state index is -3.59. The maximum absolute atomic E-state index is 13.2. The Kier molecular flexibility index (Phi) is 6.95. The zero-order chi connectivity index (χ0) is 24.5. The van der Waals surface area contributed by atoms with E-state index in [4.69, 9.17) is 4.74 Å². The molecular formula is C25H31N3O5S. The van der Waals surface area contributed by atoms with Gasteiger partial charge in [0.25, 0.3) is 0 Å². The number of piperidine rings is 1. The van der Waals surface area contributed by atoms with Crippen LogP contribution in [0, 0.1) is 12.8 Å². The molecular weight excluding hydrogens is 454 g/mol. The summed E-state index contributed by atoms with van der Waals surface area (Å²) in [4.78, 5) is 27.2. The largest absolute Gasteiger partial charge is 0.495 e. The number of carbonyl (C=O) groups is 2. The van der Waals surface area contributed by atoms with Crippen molar-refractivity contribution in [2.45, 2.75) is 44.4 Å². The maximum Gasteiger partial charge on any atom is 0.244 e. The van der Waals surface area contributed by atoms with Gasteiger partial charge in [-0.2, -0.15) is 4.31 Å². The lowest BCUT2D eigenvalue weighted by Gasteiger charge is -2.31. The van der Waals surface area contributed by atoms with Crippen LogP contribution in [0.3, 0.4) is 0 Å². The molecule has 2 aromatic rings. The van der Waals surface area contributed by atoms with Gasteiger partial charge in [-0.05, 0) is 73.6 Å². The van der Waals surface area contributed by atoms with E-state index in [1.807, 2.05) is 13.0 Å². The van der Waals surface area contributed by atoms with E-state index in [1.165, 1.54) is 12.0 Å². The van der Waals surface area contributed by atoms with Crippen LogP contribution in [0.4, 0.5) is 11.4 Å². The van der Waals surface area contributed by atoms with Gasteiger partial charge in [0.05, 0.1) is 17.7 Å². The van der Waals surface area contributed by atoms with Crippen LogP contribution in [0.15, 0.2) is 41.3 Å². The van der Waals surface area contributed by atoms with Gasteiger partial charge in [0.2, 0.25) is 21.8 Å². The van der Waals surface area contributed by atoms with Crippen molar-refractivity contribution in [2.24, 2.45) is 5.92 Å². The van der Waals surface area contributed by atoms with Gasteiger partial charge in [-0.1, -0.05) is 13.0 Å². The monoisotopic (exact) mass is 485 g/mol. The quantitative estimate of drug-likeness (QED) is 0.677. The molecule has 2 heterocycles. The van der Waals surface area contributed by atoms with E-state index < -0.39 is 10.0 Å². The van der Waals surface area contributed by atoms with Gasteiger partial charge in [-0.15, -0.1) is 0 Å². The minimum absolute atomic E-state index is 0.167. The Morgan fingerprint density at radius 2 is 1.85 bits per heavy atom. The number of benzene rings is 2. The molecule has 0 aromatic heterocycles. The lowest BCUT2D eigenvalue weighted by atomic mass is 10.0. The number of ether oxygens (including phenoxy) is 1. The number of aryl methyl sites for hydroxylation is 2. The van der Waals surface area contributed by atoms with Crippen LogP contribution in [0.5, 0.6) is 5.75 Å². The molecule has 1 N–H and O–H groups in total. The molecule has 0 saturated carbocycles. The van der Waals surface area contributed by atoms with Crippen molar-refractivity contribution in [1.82, 2.24) is 4.31 Å². The van der Waals surface area contributed by atoms with Crippen LogP contribution in [-0.2, 0) is 26.0 Å².